The molecule has 2 N–H and O–H groups in total. The highest BCUT2D eigenvalue weighted by Gasteiger charge is 2.66. The summed E-state index contributed by atoms with van der Waals surface area (Å²) >= 11 is 0. The number of rotatable bonds is 5. The van der Waals surface area contributed by atoms with Crippen LogP contribution < -0.4 is 5.32 Å². The molecule has 9 rings (SSSR count). The maximum absolute atomic E-state index is 12.2. The molecule has 2 aromatic heterocycles. The molecule has 47 heavy (non-hydrogen) atoms. The topological polar surface area (TPSA) is 76.5 Å². The van der Waals surface area contributed by atoms with Gasteiger partial charge in [0.15, 0.2) is 0 Å². The molecule has 1 aliphatic heterocycles. The fourth-order valence-electron chi connectivity index (χ4n) is 8.81. The van der Waals surface area contributed by atoms with Crippen molar-refractivity contribution in [1.29, 1.82) is 0 Å². The van der Waals surface area contributed by atoms with Crippen LogP contribution in [0.3, 0.4) is 0 Å². The van der Waals surface area contributed by atoms with Crippen LogP contribution in [-0.2, 0) is 26.9 Å². The van der Waals surface area contributed by atoms with Gasteiger partial charge in [0.25, 0.3) is 0 Å². The molecule has 7 heteroatoms. The molecule has 236 valence electrons. The van der Waals surface area contributed by atoms with Gasteiger partial charge in [-0.05, 0) is 83.5 Å². The fraction of sp³-hybridized carbons (Fsp3) is 0.300. The molecule has 5 aromatic rings. The lowest BCUT2D eigenvalue weighted by molar-refractivity contribution is -0.166. The largest absolute Gasteiger partial charge is 0.638 e. The van der Waals surface area contributed by atoms with E-state index in [4.69, 9.17) is 14.3 Å². The lowest BCUT2D eigenvalue weighted by Crippen LogP contribution is -2.62. The van der Waals surface area contributed by atoms with Crippen LogP contribution in [0.4, 0.5) is 0 Å². The first-order valence-corrected chi connectivity index (χ1v) is 16.8. The van der Waals surface area contributed by atoms with E-state index >= 15 is 0 Å². The maximum Gasteiger partial charge on any atom is 0.638 e. The number of hydrogen-bond donors (Lipinski definition) is 2. The third-order valence-corrected chi connectivity index (χ3v) is 11.1. The highest BCUT2D eigenvalue weighted by Crippen LogP contribution is 2.69. The van der Waals surface area contributed by atoms with Crippen molar-refractivity contribution in [2.24, 2.45) is 11.3 Å². The van der Waals surface area contributed by atoms with E-state index in [-0.39, 0.29) is 17.4 Å². The predicted octanol–water partition coefficient (Wildman–Crippen LogP) is 7.04. The second-order valence-electron chi connectivity index (χ2n) is 13.9. The average Bonchev–Trinajstić information content (AvgIpc) is 3.16. The van der Waals surface area contributed by atoms with E-state index in [9.17, 15) is 5.02 Å². The molecule has 1 saturated heterocycles. The number of nitrogens with zero attached hydrogens (tertiary/aromatic N) is 2. The third-order valence-electron chi connectivity index (χ3n) is 11.1. The van der Waals surface area contributed by atoms with Crippen molar-refractivity contribution in [2.75, 3.05) is 6.54 Å². The van der Waals surface area contributed by atoms with E-state index in [1.54, 1.807) is 6.20 Å². The molecule has 0 amide bonds. The van der Waals surface area contributed by atoms with Gasteiger partial charge in [0.2, 0.25) is 0 Å². The van der Waals surface area contributed by atoms with Crippen molar-refractivity contribution >= 4 is 7.32 Å². The summed E-state index contributed by atoms with van der Waals surface area (Å²) in [6.07, 6.45) is 4.09. The normalized spacial score (nSPS) is 25.9. The number of aromatic nitrogens is 2. The van der Waals surface area contributed by atoms with Gasteiger partial charge in [0, 0.05) is 12.2 Å². The summed E-state index contributed by atoms with van der Waals surface area (Å²) in [4.78, 5) is 9.90. The van der Waals surface area contributed by atoms with Gasteiger partial charge in [0.05, 0.1) is 17.1 Å². The van der Waals surface area contributed by atoms with Crippen LogP contribution in [0.2, 0.25) is 0 Å². The second-order valence-corrected chi connectivity index (χ2v) is 13.9. The maximum atomic E-state index is 12.2. The molecule has 3 aromatic carbocycles. The Labute approximate surface area is 277 Å². The first-order chi connectivity index (χ1) is 22.9. The Morgan fingerprint density at radius 2 is 1.45 bits per heavy atom. The Morgan fingerprint density at radius 3 is 2.09 bits per heavy atom. The molecule has 2 bridgehead atoms. The monoisotopic (exact) mass is 621 g/mol. The molecular weight excluding hydrogens is 581 g/mol. The van der Waals surface area contributed by atoms with Crippen molar-refractivity contribution in [1.82, 2.24) is 15.3 Å². The van der Waals surface area contributed by atoms with Crippen molar-refractivity contribution in [3.05, 3.63) is 155 Å². The number of hydrogen-bond acceptors (Lipinski definition) is 6. The first kappa shape index (κ1) is 30.2. The average molecular weight is 622 g/mol. The lowest BCUT2D eigenvalue weighted by Gasteiger charge is -2.64. The Hall–Kier alpha value is -4.14. The van der Waals surface area contributed by atoms with E-state index in [0.29, 0.717) is 25.3 Å². The number of pyridine rings is 2. The molecule has 0 unspecified atom stereocenters. The standard InChI is InChI=1S/C40H40BN3O3/c1-38(2)32-27-35(38)39(37-31(32)21-22-34(44-37)33-20-12-13-24-42-33)23-25-43-36(26-28-14-6-3-7-15-28)40(47-41(45)46-39,29-16-8-4-9-17-29)30-18-10-5-11-19-30/h3-22,24,32,35-36,43,45H,23,25-27H2,1-2H3/t32-,35-,36+,39+/m1/s1. The van der Waals surface area contributed by atoms with E-state index in [0.717, 1.165) is 34.6 Å². The van der Waals surface area contributed by atoms with Gasteiger partial charge in [0.1, 0.15) is 11.2 Å². The highest BCUT2D eigenvalue weighted by atomic mass is 16.7. The van der Waals surface area contributed by atoms with Gasteiger partial charge in [-0.15, -0.1) is 0 Å². The molecule has 6 nitrogen and oxygen atoms in total. The van der Waals surface area contributed by atoms with Crippen LogP contribution in [0.15, 0.2) is 128 Å². The predicted molar refractivity (Wildman–Crippen MR) is 184 cm³/mol. The minimum absolute atomic E-state index is 0.0334. The van der Waals surface area contributed by atoms with Crippen molar-refractivity contribution < 1.29 is 14.3 Å². The molecule has 4 aliphatic rings. The third kappa shape index (κ3) is 4.96. The molecule has 2 fully saturated rings. The fourth-order valence-corrected chi connectivity index (χ4v) is 8.81. The molecule has 3 heterocycles. The van der Waals surface area contributed by atoms with Crippen LogP contribution >= 0.6 is 0 Å². The summed E-state index contributed by atoms with van der Waals surface area (Å²) in [6, 6.07) is 40.9. The van der Waals surface area contributed by atoms with Crippen LogP contribution in [0.5, 0.6) is 0 Å². The Kier molecular flexibility index (Phi) is 7.61. The molecule has 4 atom stereocenters. The Morgan fingerprint density at radius 1 is 0.787 bits per heavy atom. The minimum atomic E-state index is -1.53. The van der Waals surface area contributed by atoms with E-state index in [2.05, 4.69) is 84.8 Å². The summed E-state index contributed by atoms with van der Waals surface area (Å²) in [5, 5.41) is 16.2. The van der Waals surface area contributed by atoms with Crippen LogP contribution in [0.1, 0.15) is 60.6 Å². The Bertz CT molecular complexity index is 1800. The number of benzene rings is 3. The zero-order valence-corrected chi connectivity index (χ0v) is 26.9. The zero-order valence-electron chi connectivity index (χ0n) is 26.9. The molecular formula is C40H40BN3O3. The highest BCUT2D eigenvalue weighted by molar-refractivity contribution is 6.35. The van der Waals surface area contributed by atoms with Crippen molar-refractivity contribution in [3.63, 3.8) is 0 Å². The van der Waals surface area contributed by atoms with Crippen LogP contribution in [0.25, 0.3) is 11.4 Å². The molecule has 0 radical (unpaired) electrons. The van der Waals surface area contributed by atoms with Gasteiger partial charge in [-0.3, -0.25) is 4.98 Å². The van der Waals surface area contributed by atoms with Gasteiger partial charge in [-0.1, -0.05) is 117 Å². The van der Waals surface area contributed by atoms with E-state index in [1.165, 1.54) is 11.1 Å². The summed E-state index contributed by atoms with van der Waals surface area (Å²) in [5.41, 5.74) is 4.82. The lowest BCUT2D eigenvalue weighted by atomic mass is 9.43. The minimum Gasteiger partial charge on any atom is -0.402 e. The Balaban J connectivity index is 1.29. The SMILES string of the molecule is CC1(C)[C@@H]2C[C@H]1[C@@]1(CCN[C@@H](Cc3ccccc3)C(c3ccccc3)(c3ccccc3)OB(O)O1)c1nc(-c3ccccn3)ccc12. The van der Waals surface area contributed by atoms with Gasteiger partial charge < -0.3 is 19.6 Å². The molecule has 3 aliphatic carbocycles. The summed E-state index contributed by atoms with van der Waals surface area (Å²) in [6.45, 7) is 5.30. The summed E-state index contributed by atoms with van der Waals surface area (Å²) < 4.78 is 14.0. The second kappa shape index (κ2) is 11.8. The molecule has 1 saturated carbocycles. The van der Waals surface area contributed by atoms with Gasteiger partial charge in [-0.2, -0.15) is 0 Å². The van der Waals surface area contributed by atoms with Gasteiger partial charge >= 0.3 is 7.32 Å². The smallest absolute Gasteiger partial charge is 0.402 e. The van der Waals surface area contributed by atoms with Gasteiger partial charge in [-0.25, -0.2) is 4.98 Å². The summed E-state index contributed by atoms with van der Waals surface area (Å²) in [7, 11) is -1.53. The van der Waals surface area contributed by atoms with Crippen LogP contribution in [-0.4, -0.2) is 34.9 Å². The quantitative estimate of drug-likeness (QED) is 0.205. The zero-order chi connectivity index (χ0) is 32.1. The van der Waals surface area contributed by atoms with Crippen molar-refractivity contribution in [3.8, 4) is 11.4 Å². The van der Waals surface area contributed by atoms with E-state index in [1.807, 2.05) is 60.7 Å². The summed E-state index contributed by atoms with van der Waals surface area (Å²) in [5.74, 6) is 0.520. The first-order valence-electron chi connectivity index (χ1n) is 16.8. The van der Waals surface area contributed by atoms with Crippen molar-refractivity contribution in [2.45, 2.75) is 56.3 Å². The van der Waals surface area contributed by atoms with Crippen LogP contribution in [0, 0.1) is 11.3 Å². The number of nitrogens with one attached hydrogen (secondary N) is 1. The molecule has 1 spiro atoms. The van der Waals surface area contributed by atoms with E-state index < -0.39 is 18.5 Å².